The summed E-state index contributed by atoms with van der Waals surface area (Å²) >= 11 is 0. The van der Waals surface area contributed by atoms with Gasteiger partial charge in [-0.15, -0.1) is 0 Å². The summed E-state index contributed by atoms with van der Waals surface area (Å²) in [6, 6.07) is 5.91. The quantitative estimate of drug-likeness (QED) is 0.805. The monoisotopic (exact) mass is 233 g/mol. The Morgan fingerprint density at radius 1 is 1.47 bits per heavy atom. The maximum absolute atomic E-state index is 12.1. The molecule has 1 atom stereocenters. The molecule has 1 fully saturated rings. The molecule has 1 aromatic rings. The number of aryl methyl sites for hydroxylation is 2. The highest BCUT2D eigenvalue weighted by molar-refractivity contribution is 5.99. The molecule has 1 N–H and O–H groups in total. The van der Waals surface area contributed by atoms with Crippen molar-refractivity contribution in [1.82, 2.24) is 4.90 Å². The fraction of sp³-hybridized carbons (Fsp3) is 0.500. The van der Waals surface area contributed by atoms with Gasteiger partial charge in [0.2, 0.25) is 0 Å². The number of hydrogen-bond acceptors (Lipinski definition) is 3. The van der Waals surface area contributed by atoms with Crippen molar-refractivity contribution in [1.29, 1.82) is 0 Å². The Kier molecular flexibility index (Phi) is 3.60. The zero-order chi connectivity index (χ0) is 12.4. The average Bonchev–Trinajstić information content (AvgIpc) is 2.63. The van der Waals surface area contributed by atoms with E-state index in [0.717, 1.165) is 24.1 Å². The summed E-state index contributed by atoms with van der Waals surface area (Å²) in [4.78, 5) is 14.1. The van der Waals surface area contributed by atoms with Gasteiger partial charge < -0.3 is 5.11 Å². The van der Waals surface area contributed by atoms with Crippen molar-refractivity contribution in [2.75, 3.05) is 19.6 Å². The number of β-amino-alcohol motifs (C(OH)–C–C–N with tert-alkyl or cyclic N) is 1. The van der Waals surface area contributed by atoms with E-state index in [0.29, 0.717) is 13.1 Å². The number of carbonyl (C=O) groups is 1. The second-order valence-corrected chi connectivity index (χ2v) is 4.92. The van der Waals surface area contributed by atoms with Crippen LogP contribution in [-0.4, -0.2) is 41.5 Å². The van der Waals surface area contributed by atoms with Crippen LogP contribution in [0.3, 0.4) is 0 Å². The zero-order valence-corrected chi connectivity index (χ0v) is 10.4. The maximum atomic E-state index is 12.1. The standard InChI is InChI=1S/C14H19NO2/c1-10-3-4-13(11(2)7-10)14(17)9-15-6-5-12(16)8-15/h3-4,7,12,16H,5-6,8-9H2,1-2H3/t12-/m1/s1. The van der Waals surface area contributed by atoms with E-state index in [1.165, 1.54) is 5.56 Å². The molecule has 0 unspecified atom stereocenters. The Morgan fingerprint density at radius 2 is 2.24 bits per heavy atom. The molecular weight excluding hydrogens is 214 g/mol. The van der Waals surface area contributed by atoms with Gasteiger partial charge in [0.1, 0.15) is 0 Å². The third-order valence-electron chi connectivity index (χ3n) is 3.30. The van der Waals surface area contributed by atoms with E-state index < -0.39 is 0 Å². The Hall–Kier alpha value is -1.19. The Morgan fingerprint density at radius 3 is 2.82 bits per heavy atom. The van der Waals surface area contributed by atoms with Gasteiger partial charge >= 0.3 is 0 Å². The molecule has 1 aliphatic heterocycles. The number of aliphatic hydroxyl groups is 1. The molecule has 1 aromatic carbocycles. The highest BCUT2D eigenvalue weighted by Gasteiger charge is 2.22. The molecule has 3 heteroatoms. The van der Waals surface area contributed by atoms with E-state index in [4.69, 9.17) is 0 Å². The molecule has 1 aliphatic rings. The molecule has 0 bridgehead atoms. The summed E-state index contributed by atoms with van der Waals surface area (Å²) in [6.45, 7) is 5.85. The molecule has 0 amide bonds. The molecule has 0 spiro atoms. The first-order valence-electron chi connectivity index (χ1n) is 6.07. The Balaban J connectivity index is 2.04. The third-order valence-corrected chi connectivity index (χ3v) is 3.30. The van der Waals surface area contributed by atoms with Crippen molar-refractivity contribution in [2.45, 2.75) is 26.4 Å². The van der Waals surface area contributed by atoms with Gasteiger partial charge in [-0.1, -0.05) is 23.8 Å². The van der Waals surface area contributed by atoms with Crippen LogP contribution < -0.4 is 0 Å². The van der Waals surface area contributed by atoms with Gasteiger partial charge in [-0.3, -0.25) is 9.69 Å². The Labute approximate surface area is 102 Å². The predicted molar refractivity (Wildman–Crippen MR) is 67.3 cm³/mol. The fourth-order valence-corrected chi connectivity index (χ4v) is 2.37. The van der Waals surface area contributed by atoms with Crippen LogP contribution in [0.25, 0.3) is 0 Å². The number of hydrogen-bond donors (Lipinski definition) is 1. The van der Waals surface area contributed by atoms with E-state index in [2.05, 4.69) is 0 Å². The van der Waals surface area contributed by atoms with Crippen molar-refractivity contribution < 1.29 is 9.90 Å². The lowest BCUT2D eigenvalue weighted by Gasteiger charge is -2.14. The van der Waals surface area contributed by atoms with E-state index >= 15 is 0 Å². The first-order valence-corrected chi connectivity index (χ1v) is 6.07. The first-order chi connectivity index (χ1) is 8.06. The van der Waals surface area contributed by atoms with Crippen molar-refractivity contribution in [3.05, 3.63) is 34.9 Å². The highest BCUT2D eigenvalue weighted by atomic mass is 16.3. The van der Waals surface area contributed by atoms with Gasteiger partial charge in [0, 0.05) is 18.7 Å². The van der Waals surface area contributed by atoms with Crippen LogP contribution >= 0.6 is 0 Å². The largest absolute Gasteiger partial charge is 0.392 e. The SMILES string of the molecule is Cc1ccc(C(=O)CN2CC[C@@H](O)C2)c(C)c1. The minimum absolute atomic E-state index is 0.150. The van der Waals surface area contributed by atoms with E-state index in [-0.39, 0.29) is 11.9 Å². The lowest BCUT2D eigenvalue weighted by molar-refractivity contribution is 0.0934. The molecule has 92 valence electrons. The number of rotatable bonds is 3. The maximum Gasteiger partial charge on any atom is 0.177 e. The summed E-state index contributed by atoms with van der Waals surface area (Å²) in [5, 5.41) is 9.42. The number of likely N-dealkylation sites (tertiary alicyclic amines) is 1. The van der Waals surface area contributed by atoms with Crippen molar-refractivity contribution in [3.63, 3.8) is 0 Å². The summed E-state index contributed by atoms with van der Waals surface area (Å²) in [7, 11) is 0. The lowest BCUT2D eigenvalue weighted by Crippen LogP contribution is -2.29. The summed E-state index contributed by atoms with van der Waals surface area (Å²) in [5.74, 6) is 0.150. The minimum Gasteiger partial charge on any atom is -0.392 e. The summed E-state index contributed by atoms with van der Waals surface area (Å²) < 4.78 is 0. The molecular formula is C14H19NO2. The average molecular weight is 233 g/mol. The van der Waals surface area contributed by atoms with Gasteiger partial charge in [0.05, 0.1) is 12.6 Å². The van der Waals surface area contributed by atoms with Crippen LogP contribution in [0.1, 0.15) is 27.9 Å². The van der Waals surface area contributed by atoms with E-state index in [1.807, 2.05) is 36.9 Å². The van der Waals surface area contributed by atoms with Crippen LogP contribution in [-0.2, 0) is 0 Å². The molecule has 0 saturated carbocycles. The molecule has 1 saturated heterocycles. The van der Waals surface area contributed by atoms with Crippen LogP contribution in [0.15, 0.2) is 18.2 Å². The second kappa shape index (κ2) is 4.98. The molecule has 0 radical (unpaired) electrons. The fourth-order valence-electron chi connectivity index (χ4n) is 2.37. The molecule has 2 rings (SSSR count). The van der Waals surface area contributed by atoms with Crippen molar-refractivity contribution >= 4 is 5.78 Å². The number of Topliss-reactive ketones (excluding diaryl/α,β-unsaturated/α-hetero) is 1. The molecule has 1 heterocycles. The van der Waals surface area contributed by atoms with Gasteiger partial charge in [0.15, 0.2) is 5.78 Å². The summed E-state index contributed by atoms with van der Waals surface area (Å²) in [6.07, 6.45) is 0.516. The van der Waals surface area contributed by atoms with E-state index in [1.54, 1.807) is 0 Å². The number of nitrogens with zero attached hydrogens (tertiary/aromatic N) is 1. The molecule has 17 heavy (non-hydrogen) atoms. The normalized spacial score (nSPS) is 20.8. The highest BCUT2D eigenvalue weighted by Crippen LogP contribution is 2.14. The zero-order valence-electron chi connectivity index (χ0n) is 10.4. The van der Waals surface area contributed by atoms with Gasteiger partial charge in [-0.25, -0.2) is 0 Å². The van der Waals surface area contributed by atoms with Crippen LogP contribution in [0.5, 0.6) is 0 Å². The second-order valence-electron chi connectivity index (χ2n) is 4.92. The van der Waals surface area contributed by atoms with Crippen LogP contribution in [0.2, 0.25) is 0 Å². The minimum atomic E-state index is -0.262. The predicted octanol–water partition coefficient (Wildman–Crippen LogP) is 1.55. The van der Waals surface area contributed by atoms with Crippen LogP contribution in [0.4, 0.5) is 0 Å². The topological polar surface area (TPSA) is 40.5 Å². The lowest BCUT2D eigenvalue weighted by atomic mass is 10.0. The van der Waals surface area contributed by atoms with E-state index in [9.17, 15) is 9.90 Å². The van der Waals surface area contributed by atoms with Gasteiger partial charge in [-0.05, 0) is 25.8 Å². The number of ketones is 1. The molecule has 0 aliphatic carbocycles. The van der Waals surface area contributed by atoms with Crippen LogP contribution in [0, 0.1) is 13.8 Å². The molecule has 3 nitrogen and oxygen atoms in total. The number of carbonyl (C=O) groups excluding carboxylic acids is 1. The van der Waals surface area contributed by atoms with Gasteiger partial charge in [0.25, 0.3) is 0 Å². The Bertz CT molecular complexity index is 428. The number of benzene rings is 1. The van der Waals surface area contributed by atoms with Crippen molar-refractivity contribution in [2.24, 2.45) is 0 Å². The number of aliphatic hydroxyl groups excluding tert-OH is 1. The first kappa shape index (κ1) is 12.3. The molecule has 0 aromatic heterocycles. The van der Waals surface area contributed by atoms with Crippen molar-refractivity contribution in [3.8, 4) is 0 Å². The van der Waals surface area contributed by atoms with Gasteiger partial charge in [-0.2, -0.15) is 0 Å². The summed E-state index contributed by atoms with van der Waals surface area (Å²) in [5.41, 5.74) is 3.02. The smallest absolute Gasteiger partial charge is 0.177 e. The third kappa shape index (κ3) is 2.93.